The van der Waals surface area contributed by atoms with Crippen LogP contribution in [0.5, 0.6) is 0 Å². The Kier molecular flexibility index (Phi) is 7.87. The lowest BCUT2D eigenvalue weighted by atomic mass is 10.2. The van der Waals surface area contributed by atoms with Gasteiger partial charge in [0.1, 0.15) is 0 Å². The summed E-state index contributed by atoms with van der Waals surface area (Å²) < 4.78 is 1.30. The second-order valence-corrected chi connectivity index (χ2v) is 4.26. The van der Waals surface area contributed by atoms with Crippen molar-refractivity contribution in [2.75, 3.05) is 26.2 Å². The average molecular weight is 198 g/mol. The van der Waals surface area contributed by atoms with Gasteiger partial charge in [-0.25, -0.2) is 0 Å². The lowest BCUT2D eigenvalue weighted by molar-refractivity contribution is -0.923. The minimum absolute atomic E-state index is 1.23. The standard InChI is InChI=1S/C13H28N/c1-5-9-13-14(10-6-2,11-7-3)12-8-4/h5,9H,6-8,10-13H2,1-4H3/q+1/b9-5+. The number of allylic oxidation sites excluding steroid dienone is 1. The first-order valence-electron chi connectivity index (χ1n) is 6.21. The monoisotopic (exact) mass is 198 g/mol. The molecule has 84 valence electrons. The topological polar surface area (TPSA) is 0 Å². The summed E-state index contributed by atoms with van der Waals surface area (Å²) in [5.74, 6) is 0. The SMILES string of the molecule is C/C=C/C[N+](CCC)(CCC)CCC. The van der Waals surface area contributed by atoms with Crippen LogP contribution in [0.4, 0.5) is 0 Å². The van der Waals surface area contributed by atoms with E-state index in [9.17, 15) is 0 Å². The van der Waals surface area contributed by atoms with Crippen molar-refractivity contribution < 1.29 is 4.48 Å². The third-order valence-electron chi connectivity index (χ3n) is 2.82. The van der Waals surface area contributed by atoms with Crippen molar-refractivity contribution in [3.63, 3.8) is 0 Å². The summed E-state index contributed by atoms with van der Waals surface area (Å²) in [5, 5.41) is 0. The summed E-state index contributed by atoms with van der Waals surface area (Å²) in [6.07, 6.45) is 8.43. The van der Waals surface area contributed by atoms with Gasteiger partial charge in [-0.1, -0.05) is 26.8 Å². The van der Waals surface area contributed by atoms with Crippen molar-refractivity contribution in [2.45, 2.75) is 47.0 Å². The molecule has 0 radical (unpaired) electrons. The maximum atomic E-state index is 2.33. The Morgan fingerprint density at radius 1 is 0.857 bits per heavy atom. The van der Waals surface area contributed by atoms with E-state index in [1.165, 1.54) is 49.9 Å². The van der Waals surface area contributed by atoms with Gasteiger partial charge in [0.25, 0.3) is 0 Å². The van der Waals surface area contributed by atoms with E-state index in [0.717, 1.165) is 0 Å². The van der Waals surface area contributed by atoms with Crippen LogP contribution in [-0.4, -0.2) is 30.7 Å². The van der Waals surface area contributed by atoms with E-state index in [0.29, 0.717) is 0 Å². The molecule has 0 aliphatic rings. The smallest absolute Gasteiger partial charge is 0.0973 e. The third-order valence-corrected chi connectivity index (χ3v) is 2.82. The van der Waals surface area contributed by atoms with Crippen molar-refractivity contribution in [1.29, 1.82) is 0 Å². The summed E-state index contributed by atoms with van der Waals surface area (Å²) in [6, 6.07) is 0. The molecule has 0 saturated carbocycles. The van der Waals surface area contributed by atoms with Crippen molar-refractivity contribution in [1.82, 2.24) is 0 Å². The quantitative estimate of drug-likeness (QED) is 0.413. The largest absolute Gasteiger partial charge is 0.320 e. The fourth-order valence-corrected chi connectivity index (χ4v) is 2.36. The van der Waals surface area contributed by atoms with Crippen LogP contribution in [0.25, 0.3) is 0 Å². The van der Waals surface area contributed by atoms with Crippen LogP contribution in [0.15, 0.2) is 12.2 Å². The lowest BCUT2D eigenvalue weighted by Crippen LogP contribution is -2.49. The second kappa shape index (κ2) is 8.05. The first-order chi connectivity index (χ1) is 6.74. The summed E-state index contributed by atoms with van der Waals surface area (Å²) in [5.41, 5.74) is 0. The average Bonchev–Trinajstić information content (AvgIpc) is 2.16. The van der Waals surface area contributed by atoms with E-state index < -0.39 is 0 Å². The van der Waals surface area contributed by atoms with Gasteiger partial charge in [-0.05, 0) is 32.3 Å². The van der Waals surface area contributed by atoms with Gasteiger partial charge in [0, 0.05) is 0 Å². The van der Waals surface area contributed by atoms with Gasteiger partial charge in [0.15, 0.2) is 0 Å². The number of hydrogen-bond acceptors (Lipinski definition) is 0. The molecule has 0 aliphatic carbocycles. The summed E-state index contributed by atoms with van der Waals surface area (Å²) in [7, 11) is 0. The van der Waals surface area contributed by atoms with Crippen molar-refractivity contribution >= 4 is 0 Å². The molecule has 0 unspecified atom stereocenters. The highest BCUT2D eigenvalue weighted by molar-refractivity contribution is 4.76. The van der Waals surface area contributed by atoms with E-state index in [1.807, 2.05) is 0 Å². The Hall–Kier alpha value is -0.300. The molecule has 0 aromatic heterocycles. The van der Waals surface area contributed by atoms with Crippen LogP contribution >= 0.6 is 0 Å². The molecular formula is C13H28N+. The highest BCUT2D eigenvalue weighted by Crippen LogP contribution is 2.11. The molecule has 1 heteroatoms. The lowest BCUT2D eigenvalue weighted by Gasteiger charge is -2.37. The van der Waals surface area contributed by atoms with E-state index in [1.54, 1.807) is 0 Å². The predicted octanol–water partition coefficient (Wildman–Crippen LogP) is 3.61. The normalized spacial score (nSPS) is 12.6. The van der Waals surface area contributed by atoms with Gasteiger partial charge >= 0.3 is 0 Å². The number of quaternary nitrogens is 1. The third kappa shape index (κ3) is 4.80. The van der Waals surface area contributed by atoms with E-state index >= 15 is 0 Å². The second-order valence-electron chi connectivity index (χ2n) is 4.26. The van der Waals surface area contributed by atoms with E-state index in [2.05, 4.69) is 39.8 Å². The van der Waals surface area contributed by atoms with Gasteiger partial charge in [0.2, 0.25) is 0 Å². The van der Waals surface area contributed by atoms with Crippen LogP contribution in [0.3, 0.4) is 0 Å². The Morgan fingerprint density at radius 3 is 1.57 bits per heavy atom. The molecular weight excluding hydrogens is 170 g/mol. The van der Waals surface area contributed by atoms with Gasteiger partial charge in [-0.3, -0.25) is 0 Å². The number of hydrogen-bond donors (Lipinski definition) is 0. The van der Waals surface area contributed by atoms with E-state index in [4.69, 9.17) is 0 Å². The van der Waals surface area contributed by atoms with Crippen molar-refractivity contribution in [3.8, 4) is 0 Å². The zero-order valence-electron chi connectivity index (χ0n) is 10.6. The molecule has 0 N–H and O–H groups in total. The molecule has 14 heavy (non-hydrogen) atoms. The van der Waals surface area contributed by atoms with Gasteiger partial charge < -0.3 is 4.48 Å². The van der Waals surface area contributed by atoms with Crippen LogP contribution in [0.1, 0.15) is 47.0 Å². The molecule has 0 heterocycles. The van der Waals surface area contributed by atoms with Gasteiger partial charge in [0.05, 0.1) is 26.2 Å². The summed E-state index contributed by atoms with van der Waals surface area (Å²) >= 11 is 0. The molecule has 0 amide bonds. The maximum absolute atomic E-state index is 2.33. The Bertz CT molecular complexity index is 132. The van der Waals surface area contributed by atoms with Crippen LogP contribution < -0.4 is 0 Å². The highest BCUT2D eigenvalue weighted by atomic mass is 15.3. The van der Waals surface area contributed by atoms with Gasteiger partial charge in [-0.15, -0.1) is 0 Å². The molecule has 0 saturated heterocycles. The fraction of sp³-hybridized carbons (Fsp3) is 0.846. The molecule has 0 aromatic carbocycles. The maximum Gasteiger partial charge on any atom is 0.0973 e. The number of nitrogens with zero attached hydrogens (tertiary/aromatic N) is 1. The molecule has 0 aromatic rings. The van der Waals surface area contributed by atoms with E-state index in [-0.39, 0.29) is 0 Å². The Labute approximate surface area is 90.4 Å². The fourth-order valence-electron chi connectivity index (χ4n) is 2.36. The van der Waals surface area contributed by atoms with Gasteiger partial charge in [-0.2, -0.15) is 0 Å². The first kappa shape index (κ1) is 13.7. The Morgan fingerprint density at radius 2 is 1.29 bits per heavy atom. The molecule has 0 spiro atoms. The first-order valence-corrected chi connectivity index (χ1v) is 6.21. The zero-order valence-corrected chi connectivity index (χ0v) is 10.6. The van der Waals surface area contributed by atoms with Crippen molar-refractivity contribution in [3.05, 3.63) is 12.2 Å². The zero-order chi connectivity index (χ0) is 10.9. The van der Waals surface area contributed by atoms with Crippen molar-refractivity contribution in [2.24, 2.45) is 0 Å². The van der Waals surface area contributed by atoms with Crippen LogP contribution in [0.2, 0.25) is 0 Å². The minimum atomic E-state index is 1.23. The molecule has 0 fully saturated rings. The molecule has 0 aliphatic heterocycles. The Balaban J connectivity index is 4.36. The predicted molar refractivity (Wildman–Crippen MR) is 65.4 cm³/mol. The molecule has 0 atom stereocenters. The summed E-state index contributed by atoms with van der Waals surface area (Å²) in [4.78, 5) is 0. The minimum Gasteiger partial charge on any atom is -0.320 e. The molecule has 1 nitrogen and oxygen atoms in total. The summed E-state index contributed by atoms with van der Waals surface area (Å²) in [6.45, 7) is 14.3. The molecule has 0 rings (SSSR count). The van der Waals surface area contributed by atoms with Crippen LogP contribution in [-0.2, 0) is 0 Å². The van der Waals surface area contributed by atoms with Crippen LogP contribution in [0, 0.1) is 0 Å². The molecule has 0 bridgehead atoms. The number of rotatable bonds is 8. The highest BCUT2D eigenvalue weighted by Gasteiger charge is 2.22.